The van der Waals surface area contributed by atoms with Crippen molar-refractivity contribution in [1.29, 1.82) is 0 Å². The molecule has 3 aromatic rings. The summed E-state index contributed by atoms with van der Waals surface area (Å²) in [5.74, 6) is 0.830. The van der Waals surface area contributed by atoms with Gasteiger partial charge < -0.3 is 20.9 Å². The first kappa shape index (κ1) is 16.6. The van der Waals surface area contributed by atoms with Gasteiger partial charge in [0.15, 0.2) is 11.2 Å². The number of nitrogen functional groups attached to an aromatic ring is 2. The van der Waals surface area contributed by atoms with Gasteiger partial charge >= 0.3 is 0 Å². The monoisotopic (exact) mass is 354 g/mol. The molecule has 0 spiro atoms. The zero-order chi connectivity index (χ0) is 17.9. The minimum absolute atomic E-state index is 0.105. The summed E-state index contributed by atoms with van der Waals surface area (Å²) in [7, 11) is 0. The van der Waals surface area contributed by atoms with Crippen molar-refractivity contribution in [3.63, 3.8) is 0 Å². The Morgan fingerprint density at radius 1 is 1.12 bits per heavy atom. The van der Waals surface area contributed by atoms with E-state index in [2.05, 4.69) is 15.0 Å². The number of benzene rings is 1. The Hall–Kier alpha value is -2.87. The standard InChI is InChI=1S/C18H22N6O2/c19-17-22-15-14(16(23-17)26-11-12-6-2-1-3-7-12)21-18(20)24(15)10-13-8-4-5-9-25-13/h1-3,6-7,13H,4-5,8-11H2,(H2,20,21)(H2,19,22,23). The van der Waals surface area contributed by atoms with Crippen LogP contribution in [0.2, 0.25) is 0 Å². The van der Waals surface area contributed by atoms with Crippen molar-refractivity contribution in [3.8, 4) is 5.88 Å². The average molecular weight is 354 g/mol. The maximum Gasteiger partial charge on any atom is 0.247 e. The highest BCUT2D eigenvalue weighted by Gasteiger charge is 2.21. The molecule has 26 heavy (non-hydrogen) atoms. The Kier molecular flexibility index (Phi) is 4.57. The Morgan fingerprint density at radius 3 is 2.73 bits per heavy atom. The zero-order valence-electron chi connectivity index (χ0n) is 14.5. The minimum Gasteiger partial charge on any atom is -0.471 e. The number of imidazole rings is 1. The zero-order valence-corrected chi connectivity index (χ0v) is 14.5. The number of nitrogens with two attached hydrogens (primary N) is 2. The first-order chi connectivity index (χ1) is 12.7. The average Bonchev–Trinajstić information content (AvgIpc) is 2.97. The maximum absolute atomic E-state index is 6.13. The maximum atomic E-state index is 6.13. The van der Waals surface area contributed by atoms with Gasteiger partial charge in [0, 0.05) is 6.61 Å². The Morgan fingerprint density at radius 2 is 1.96 bits per heavy atom. The van der Waals surface area contributed by atoms with Gasteiger partial charge in [-0.05, 0) is 24.8 Å². The number of hydrogen-bond donors (Lipinski definition) is 2. The molecule has 1 fully saturated rings. The van der Waals surface area contributed by atoms with Crippen LogP contribution in [0.3, 0.4) is 0 Å². The molecule has 1 atom stereocenters. The lowest BCUT2D eigenvalue weighted by Gasteiger charge is -2.23. The van der Waals surface area contributed by atoms with Gasteiger partial charge in [0.05, 0.1) is 12.6 Å². The van der Waals surface area contributed by atoms with Gasteiger partial charge in [-0.1, -0.05) is 30.3 Å². The molecule has 0 bridgehead atoms. The van der Waals surface area contributed by atoms with E-state index in [1.54, 1.807) is 0 Å². The first-order valence-corrected chi connectivity index (χ1v) is 8.78. The molecular formula is C18H22N6O2. The van der Waals surface area contributed by atoms with Crippen LogP contribution in [-0.4, -0.2) is 32.2 Å². The van der Waals surface area contributed by atoms with Crippen molar-refractivity contribution in [2.24, 2.45) is 0 Å². The normalized spacial score (nSPS) is 17.5. The number of aromatic nitrogens is 4. The Labute approximate surface area is 151 Å². The van der Waals surface area contributed by atoms with Crippen molar-refractivity contribution in [1.82, 2.24) is 19.5 Å². The van der Waals surface area contributed by atoms with E-state index in [1.165, 1.54) is 0 Å². The third-order valence-electron chi connectivity index (χ3n) is 4.49. The molecule has 0 saturated carbocycles. The summed E-state index contributed by atoms with van der Waals surface area (Å²) >= 11 is 0. The van der Waals surface area contributed by atoms with Gasteiger partial charge in [0.2, 0.25) is 17.8 Å². The number of nitrogens with zero attached hydrogens (tertiary/aromatic N) is 4. The largest absolute Gasteiger partial charge is 0.471 e. The molecular weight excluding hydrogens is 332 g/mol. The molecule has 1 saturated heterocycles. The summed E-state index contributed by atoms with van der Waals surface area (Å²) in [5.41, 5.74) is 14.1. The van der Waals surface area contributed by atoms with Crippen LogP contribution in [0.25, 0.3) is 11.2 Å². The van der Waals surface area contributed by atoms with Gasteiger partial charge in [-0.25, -0.2) is 4.98 Å². The van der Waals surface area contributed by atoms with E-state index >= 15 is 0 Å². The predicted octanol–water partition coefficient (Wildman–Crippen LogP) is 2.14. The van der Waals surface area contributed by atoms with E-state index in [4.69, 9.17) is 20.9 Å². The van der Waals surface area contributed by atoms with Crippen molar-refractivity contribution in [2.75, 3.05) is 18.1 Å². The highest BCUT2D eigenvalue weighted by Crippen LogP contribution is 2.27. The van der Waals surface area contributed by atoms with Crippen LogP contribution in [-0.2, 0) is 17.9 Å². The smallest absolute Gasteiger partial charge is 0.247 e. The molecule has 4 rings (SSSR count). The molecule has 2 aromatic heterocycles. The molecule has 1 unspecified atom stereocenters. The molecule has 0 aliphatic carbocycles. The second kappa shape index (κ2) is 7.17. The molecule has 0 radical (unpaired) electrons. The van der Waals surface area contributed by atoms with E-state index in [-0.39, 0.29) is 12.1 Å². The van der Waals surface area contributed by atoms with Crippen LogP contribution in [0.4, 0.5) is 11.9 Å². The van der Waals surface area contributed by atoms with Gasteiger partial charge in [-0.3, -0.25) is 4.57 Å². The molecule has 0 amide bonds. The molecule has 4 N–H and O–H groups in total. The number of hydrogen-bond acceptors (Lipinski definition) is 7. The quantitative estimate of drug-likeness (QED) is 0.721. The van der Waals surface area contributed by atoms with E-state index in [9.17, 15) is 0 Å². The van der Waals surface area contributed by atoms with E-state index in [1.807, 2.05) is 34.9 Å². The lowest BCUT2D eigenvalue weighted by Crippen LogP contribution is -2.25. The molecule has 8 heteroatoms. The van der Waals surface area contributed by atoms with Crippen LogP contribution in [0.5, 0.6) is 5.88 Å². The lowest BCUT2D eigenvalue weighted by atomic mass is 10.1. The fraction of sp³-hybridized carbons (Fsp3) is 0.389. The summed E-state index contributed by atoms with van der Waals surface area (Å²) in [6, 6.07) is 9.84. The summed E-state index contributed by atoms with van der Waals surface area (Å²) < 4.78 is 13.5. The summed E-state index contributed by atoms with van der Waals surface area (Å²) in [6.45, 7) is 1.74. The van der Waals surface area contributed by atoms with Crippen LogP contribution >= 0.6 is 0 Å². The third-order valence-corrected chi connectivity index (χ3v) is 4.49. The van der Waals surface area contributed by atoms with Crippen LogP contribution in [0, 0.1) is 0 Å². The van der Waals surface area contributed by atoms with Crippen molar-refractivity contribution in [3.05, 3.63) is 35.9 Å². The van der Waals surface area contributed by atoms with Crippen molar-refractivity contribution < 1.29 is 9.47 Å². The number of anilines is 2. The molecule has 3 heterocycles. The second-order valence-electron chi connectivity index (χ2n) is 6.40. The second-order valence-corrected chi connectivity index (χ2v) is 6.40. The number of fused-ring (bicyclic) bond motifs is 1. The van der Waals surface area contributed by atoms with Crippen LogP contribution in [0.15, 0.2) is 30.3 Å². The highest BCUT2D eigenvalue weighted by molar-refractivity contribution is 5.80. The minimum atomic E-state index is 0.105. The van der Waals surface area contributed by atoms with E-state index in [0.29, 0.717) is 36.1 Å². The molecule has 1 aromatic carbocycles. The number of ether oxygens (including phenoxy) is 2. The highest BCUT2D eigenvalue weighted by atomic mass is 16.5. The molecule has 136 valence electrons. The fourth-order valence-electron chi connectivity index (χ4n) is 3.17. The number of rotatable bonds is 5. The fourth-order valence-corrected chi connectivity index (χ4v) is 3.17. The molecule has 8 nitrogen and oxygen atoms in total. The molecule has 1 aliphatic rings. The topological polar surface area (TPSA) is 114 Å². The SMILES string of the molecule is Nc1nc(OCc2ccccc2)c2nc(N)n(CC3CCCCO3)c2n1. The van der Waals surface area contributed by atoms with Gasteiger partial charge in [-0.2, -0.15) is 9.97 Å². The van der Waals surface area contributed by atoms with Gasteiger partial charge in [-0.15, -0.1) is 0 Å². The van der Waals surface area contributed by atoms with Crippen molar-refractivity contribution >= 4 is 23.1 Å². The first-order valence-electron chi connectivity index (χ1n) is 8.78. The summed E-state index contributed by atoms with van der Waals surface area (Å²) in [4.78, 5) is 12.9. The van der Waals surface area contributed by atoms with Gasteiger partial charge in [0.25, 0.3) is 0 Å². The van der Waals surface area contributed by atoms with E-state index in [0.717, 1.165) is 31.4 Å². The Balaban J connectivity index is 1.63. The van der Waals surface area contributed by atoms with Crippen LogP contribution < -0.4 is 16.2 Å². The summed E-state index contributed by atoms with van der Waals surface area (Å²) in [5, 5.41) is 0. The van der Waals surface area contributed by atoms with Gasteiger partial charge in [0.1, 0.15) is 6.61 Å². The third kappa shape index (κ3) is 3.41. The molecule has 1 aliphatic heterocycles. The predicted molar refractivity (Wildman–Crippen MR) is 98.5 cm³/mol. The van der Waals surface area contributed by atoms with Crippen molar-refractivity contribution in [2.45, 2.75) is 38.5 Å². The van der Waals surface area contributed by atoms with Crippen LogP contribution in [0.1, 0.15) is 24.8 Å². The Bertz CT molecular complexity index is 890. The lowest BCUT2D eigenvalue weighted by molar-refractivity contribution is 0.00686. The van der Waals surface area contributed by atoms with E-state index < -0.39 is 0 Å². The summed E-state index contributed by atoms with van der Waals surface area (Å²) in [6.07, 6.45) is 3.35.